The van der Waals surface area contributed by atoms with Gasteiger partial charge in [0, 0.05) is 39.8 Å². The monoisotopic (exact) mass is 290 g/mol. The molecule has 1 aliphatic rings. The number of nitrogens with zero attached hydrogens (tertiary/aromatic N) is 6. The van der Waals surface area contributed by atoms with Gasteiger partial charge in [0.2, 0.25) is 5.95 Å². The van der Waals surface area contributed by atoms with Crippen molar-refractivity contribution < 1.29 is 5.11 Å². The summed E-state index contributed by atoms with van der Waals surface area (Å²) in [6, 6.07) is 0. The smallest absolute Gasteiger partial charge is 0.209 e. The first-order valence-corrected chi connectivity index (χ1v) is 7.36. The van der Waals surface area contributed by atoms with Crippen LogP contribution in [-0.4, -0.2) is 68.9 Å². The summed E-state index contributed by atoms with van der Waals surface area (Å²) >= 11 is 0. The molecule has 0 radical (unpaired) electrons. The van der Waals surface area contributed by atoms with Gasteiger partial charge in [0.05, 0.1) is 18.0 Å². The third-order valence-electron chi connectivity index (χ3n) is 4.17. The molecule has 1 N–H and O–H groups in total. The maximum atomic E-state index is 9.00. The van der Waals surface area contributed by atoms with Crippen molar-refractivity contribution in [1.29, 1.82) is 0 Å². The first kappa shape index (κ1) is 14.2. The number of aliphatic hydroxyl groups is 1. The summed E-state index contributed by atoms with van der Waals surface area (Å²) in [4.78, 5) is 18.3. The lowest BCUT2D eigenvalue weighted by atomic mass is 10.3. The molecule has 0 unspecified atom stereocenters. The zero-order chi connectivity index (χ0) is 15.0. The van der Waals surface area contributed by atoms with Crippen molar-refractivity contribution in [3.8, 4) is 0 Å². The highest BCUT2D eigenvalue weighted by Crippen LogP contribution is 2.20. The van der Waals surface area contributed by atoms with Gasteiger partial charge in [-0.3, -0.25) is 9.47 Å². The minimum atomic E-state index is 0.221. The Morgan fingerprint density at radius 2 is 1.67 bits per heavy atom. The third-order valence-corrected chi connectivity index (χ3v) is 4.17. The Balaban J connectivity index is 1.86. The quantitative estimate of drug-likeness (QED) is 0.864. The van der Waals surface area contributed by atoms with Crippen LogP contribution in [0.4, 0.5) is 5.95 Å². The van der Waals surface area contributed by atoms with E-state index in [4.69, 9.17) is 5.11 Å². The van der Waals surface area contributed by atoms with Crippen LogP contribution in [0.5, 0.6) is 0 Å². The molecule has 1 aliphatic heterocycles. The molecule has 21 heavy (non-hydrogen) atoms. The van der Waals surface area contributed by atoms with Crippen LogP contribution in [-0.2, 0) is 7.05 Å². The Bertz CT molecular complexity index is 644. The number of aromatic nitrogens is 4. The zero-order valence-electron chi connectivity index (χ0n) is 12.9. The van der Waals surface area contributed by atoms with Crippen LogP contribution in [0.3, 0.4) is 0 Å². The largest absolute Gasteiger partial charge is 0.395 e. The van der Waals surface area contributed by atoms with Crippen molar-refractivity contribution in [3.63, 3.8) is 0 Å². The van der Waals surface area contributed by atoms with Crippen molar-refractivity contribution >= 4 is 17.2 Å². The fourth-order valence-electron chi connectivity index (χ4n) is 2.74. The highest BCUT2D eigenvalue weighted by Gasteiger charge is 2.22. The SMILES string of the molecule is Cc1nc2nc(N3CCN(CCO)CC3)n(C)c2nc1C. The minimum absolute atomic E-state index is 0.221. The summed E-state index contributed by atoms with van der Waals surface area (Å²) in [5.74, 6) is 0.929. The van der Waals surface area contributed by atoms with Gasteiger partial charge in [-0.05, 0) is 13.8 Å². The molecule has 0 saturated carbocycles. The number of rotatable bonds is 3. The van der Waals surface area contributed by atoms with Crippen molar-refractivity contribution in [3.05, 3.63) is 11.4 Å². The second-order valence-electron chi connectivity index (χ2n) is 5.56. The molecule has 0 atom stereocenters. The Hall–Kier alpha value is -1.73. The van der Waals surface area contributed by atoms with E-state index in [1.807, 2.05) is 25.5 Å². The lowest BCUT2D eigenvalue weighted by molar-refractivity contribution is 0.188. The highest BCUT2D eigenvalue weighted by atomic mass is 16.3. The first-order chi connectivity index (χ1) is 10.1. The molecule has 7 nitrogen and oxygen atoms in total. The van der Waals surface area contributed by atoms with Gasteiger partial charge >= 0.3 is 0 Å². The standard InChI is InChI=1S/C14H22N6O/c1-10-11(2)16-13-12(15-10)17-14(18(13)3)20-6-4-19(5-7-20)8-9-21/h21H,4-9H2,1-3H3. The van der Waals surface area contributed by atoms with Gasteiger partial charge in [0.25, 0.3) is 0 Å². The average molecular weight is 290 g/mol. The van der Waals surface area contributed by atoms with E-state index in [9.17, 15) is 0 Å². The second kappa shape index (κ2) is 5.57. The molecule has 0 spiro atoms. The fraction of sp³-hybridized carbons (Fsp3) is 0.643. The van der Waals surface area contributed by atoms with Crippen LogP contribution in [0, 0.1) is 13.8 Å². The normalized spacial score (nSPS) is 16.9. The first-order valence-electron chi connectivity index (χ1n) is 7.36. The van der Waals surface area contributed by atoms with E-state index in [-0.39, 0.29) is 6.61 Å². The molecular weight excluding hydrogens is 268 g/mol. The highest BCUT2D eigenvalue weighted by molar-refractivity contribution is 5.71. The van der Waals surface area contributed by atoms with Gasteiger partial charge in [-0.2, -0.15) is 4.98 Å². The lowest BCUT2D eigenvalue weighted by Crippen LogP contribution is -2.47. The summed E-state index contributed by atoms with van der Waals surface area (Å²) in [6.45, 7) is 8.62. The number of fused-ring (bicyclic) bond motifs is 1. The molecule has 3 heterocycles. The van der Waals surface area contributed by atoms with Gasteiger partial charge in [0.15, 0.2) is 11.3 Å². The molecule has 114 valence electrons. The number of hydrogen-bond donors (Lipinski definition) is 1. The number of imidazole rings is 1. The molecule has 0 bridgehead atoms. The predicted octanol–water partition coefficient (Wildman–Crippen LogP) is 0.0944. The van der Waals surface area contributed by atoms with Crippen molar-refractivity contribution in [2.24, 2.45) is 7.05 Å². The lowest BCUT2D eigenvalue weighted by Gasteiger charge is -2.34. The molecule has 0 amide bonds. The zero-order valence-corrected chi connectivity index (χ0v) is 12.9. The van der Waals surface area contributed by atoms with E-state index in [2.05, 4.69) is 24.8 Å². The van der Waals surface area contributed by atoms with Gasteiger partial charge in [0.1, 0.15) is 0 Å². The molecule has 0 aromatic carbocycles. The van der Waals surface area contributed by atoms with Crippen LogP contribution in [0.15, 0.2) is 0 Å². The summed E-state index contributed by atoms with van der Waals surface area (Å²) in [6.07, 6.45) is 0. The third kappa shape index (κ3) is 2.58. The Labute approximate surface area is 124 Å². The fourth-order valence-corrected chi connectivity index (χ4v) is 2.74. The maximum Gasteiger partial charge on any atom is 0.209 e. The molecular formula is C14H22N6O. The molecule has 1 saturated heterocycles. The van der Waals surface area contributed by atoms with E-state index in [1.165, 1.54) is 0 Å². The van der Waals surface area contributed by atoms with Gasteiger partial charge in [-0.15, -0.1) is 0 Å². The topological polar surface area (TPSA) is 70.3 Å². The van der Waals surface area contributed by atoms with E-state index >= 15 is 0 Å². The summed E-state index contributed by atoms with van der Waals surface area (Å²) < 4.78 is 2.02. The van der Waals surface area contributed by atoms with Crippen LogP contribution >= 0.6 is 0 Å². The molecule has 0 aliphatic carbocycles. The second-order valence-corrected chi connectivity index (χ2v) is 5.56. The summed E-state index contributed by atoms with van der Waals surface area (Å²) in [7, 11) is 1.99. The number of aliphatic hydroxyl groups excluding tert-OH is 1. The van der Waals surface area contributed by atoms with Gasteiger partial charge in [-0.25, -0.2) is 9.97 Å². The number of aryl methyl sites for hydroxylation is 3. The average Bonchev–Trinajstić information content (AvgIpc) is 2.78. The Morgan fingerprint density at radius 3 is 2.33 bits per heavy atom. The number of β-amino-alcohol motifs (C(OH)–C–C–N with tert-alkyl or cyclic N) is 1. The molecule has 2 aromatic rings. The van der Waals surface area contributed by atoms with Gasteiger partial charge in [-0.1, -0.05) is 0 Å². The predicted molar refractivity (Wildman–Crippen MR) is 81.5 cm³/mol. The molecule has 1 fully saturated rings. The van der Waals surface area contributed by atoms with Crippen molar-refractivity contribution in [1.82, 2.24) is 24.4 Å². The number of piperazine rings is 1. The minimum Gasteiger partial charge on any atom is -0.395 e. The van der Waals surface area contributed by atoms with Crippen molar-refractivity contribution in [2.75, 3.05) is 44.2 Å². The van der Waals surface area contributed by atoms with E-state index in [0.29, 0.717) is 5.65 Å². The Kier molecular flexibility index (Phi) is 3.77. The summed E-state index contributed by atoms with van der Waals surface area (Å²) in [5, 5.41) is 9.00. The number of hydrogen-bond acceptors (Lipinski definition) is 6. The molecule has 7 heteroatoms. The molecule has 2 aromatic heterocycles. The van der Waals surface area contributed by atoms with Crippen LogP contribution in [0.1, 0.15) is 11.4 Å². The van der Waals surface area contributed by atoms with Crippen LogP contribution in [0.2, 0.25) is 0 Å². The van der Waals surface area contributed by atoms with E-state index in [1.54, 1.807) is 0 Å². The van der Waals surface area contributed by atoms with Gasteiger partial charge < -0.3 is 10.0 Å². The Morgan fingerprint density at radius 1 is 1.00 bits per heavy atom. The van der Waals surface area contributed by atoms with E-state index in [0.717, 1.165) is 55.7 Å². The van der Waals surface area contributed by atoms with Crippen LogP contribution < -0.4 is 4.90 Å². The number of anilines is 1. The van der Waals surface area contributed by atoms with E-state index < -0.39 is 0 Å². The summed E-state index contributed by atoms with van der Waals surface area (Å²) in [5.41, 5.74) is 3.43. The van der Waals surface area contributed by atoms with Crippen LogP contribution in [0.25, 0.3) is 11.3 Å². The molecule has 3 rings (SSSR count). The maximum absolute atomic E-state index is 9.00. The van der Waals surface area contributed by atoms with Crippen molar-refractivity contribution in [2.45, 2.75) is 13.8 Å².